The highest BCUT2D eigenvalue weighted by atomic mass is 16.5. The lowest BCUT2D eigenvalue weighted by Gasteiger charge is -2.39. The van der Waals surface area contributed by atoms with Crippen LogP contribution in [0.1, 0.15) is 26.2 Å². The number of nitrogens with two attached hydrogens (primary N) is 1. The molecule has 3 N–H and O–H groups in total. The van der Waals surface area contributed by atoms with Crippen LogP contribution in [0.15, 0.2) is 0 Å². The number of carbonyl (C=O) groups is 1. The van der Waals surface area contributed by atoms with Crippen molar-refractivity contribution >= 4 is 5.91 Å². The summed E-state index contributed by atoms with van der Waals surface area (Å²) in [7, 11) is 0. The predicted molar refractivity (Wildman–Crippen MR) is 63.3 cm³/mol. The van der Waals surface area contributed by atoms with E-state index in [4.69, 9.17) is 10.5 Å². The number of ether oxygens (including phenoxy) is 1. The zero-order chi connectivity index (χ0) is 12.5. The molecule has 0 spiro atoms. The number of hydrogen-bond donors (Lipinski definition) is 2. The van der Waals surface area contributed by atoms with Crippen LogP contribution in [-0.2, 0) is 9.53 Å². The number of β-amino-alcohol motifs (C(OH)–C–C–N with tert-alkyl or cyclic N) is 1. The molecule has 5 heteroatoms. The first kappa shape index (κ1) is 12.8. The van der Waals surface area contributed by atoms with Crippen LogP contribution in [-0.4, -0.2) is 54.4 Å². The Morgan fingerprint density at radius 2 is 2.18 bits per heavy atom. The van der Waals surface area contributed by atoms with Gasteiger partial charge in [-0.15, -0.1) is 0 Å². The fourth-order valence-corrected chi connectivity index (χ4v) is 2.59. The molecule has 0 saturated carbocycles. The Balaban J connectivity index is 1.98. The third-order valence-corrected chi connectivity index (χ3v) is 4.13. The Morgan fingerprint density at radius 1 is 1.53 bits per heavy atom. The predicted octanol–water partition coefficient (Wildman–Crippen LogP) is -0.276. The fourth-order valence-electron chi connectivity index (χ4n) is 2.59. The van der Waals surface area contributed by atoms with Gasteiger partial charge in [-0.2, -0.15) is 0 Å². The van der Waals surface area contributed by atoms with Crippen molar-refractivity contribution in [3.63, 3.8) is 0 Å². The molecule has 2 aliphatic rings. The van der Waals surface area contributed by atoms with Gasteiger partial charge < -0.3 is 20.5 Å². The monoisotopic (exact) mass is 242 g/mol. The largest absolute Gasteiger partial charge is 0.391 e. The third kappa shape index (κ3) is 2.61. The molecule has 5 nitrogen and oxygen atoms in total. The molecular formula is C12H22N2O3. The maximum Gasteiger partial charge on any atom is 0.240 e. The quantitative estimate of drug-likeness (QED) is 0.698. The number of aliphatic hydroxyl groups excluding tert-OH is 1. The highest BCUT2D eigenvalue weighted by Crippen LogP contribution is 2.33. The zero-order valence-electron chi connectivity index (χ0n) is 10.4. The van der Waals surface area contributed by atoms with E-state index in [0.717, 1.165) is 12.8 Å². The van der Waals surface area contributed by atoms with E-state index >= 15 is 0 Å². The second kappa shape index (κ2) is 4.92. The molecule has 2 aliphatic heterocycles. The number of rotatable bonds is 2. The Morgan fingerprint density at radius 3 is 2.71 bits per heavy atom. The molecule has 0 bridgehead atoms. The van der Waals surface area contributed by atoms with E-state index in [0.29, 0.717) is 32.7 Å². The number of aliphatic hydroxyl groups is 1. The van der Waals surface area contributed by atoms with Gasteiger partial charge in [0.15, 0.2) is 0 Å². The van der Waals surface area contributed by atoms with Crippen molar-refractivity contribution in [2.45, 2.75) is 38.3 Å². The van der Waals surface area contributed by atoms with E-state index in [-0.39, 0.29) is 17.4 Å². The van der Waals surface area contributed by atoms with E-state index in [1.807, 2.05) is 0 Å². The summed E-state index contributed by atoms with van der Waals surface area (Å²) < 4.78 is 5.32. The molecule has 0 aromatic carbocycles. The third-order valence-electron chi connectivity index (χ3n) is 4.13. The van der Waals surface area contributed by atoms with Gasteiger partial charge in [0.1, 0.15) is 0 Å². The van der Waals surface area contributed by atoms with E-state index in [1.165, 1.54) is 0 Å². The van der Waals surface area contributed by atoms with Gasteiger partial charge in [-0.05, 0) is 24.7 Å². The van der Waals surface area contributed by atoms with Crippen LogP contribution in [0.25, 0.3) is 0 Å². The highest BCUT2D eigenvalue weighted by molar-refractivity contribution is 5.82. The molecule has 0 aliphatic carbocycles. The Hall–Kier alpha value is -0.650. The second-order valence-electron chi connectivity index (χ2n) is 5.47. The number of amides is 1. The van der Waals surface area contributed by atoms with Crippen molar-refractivity contribution in [1.82, 2.24) is 4.90 Å². The van der Waals surface area contributed by atoms with Gasteiger partial charge in [0.25, 0.3) is 0 Å². The SMILES string of the molecule is CC1(C(N)C(=O)N2CCC(O)C2)CCOCC1. The standard InChI is InChI=1S/C12H22N2O3/c1-12(3-6-17-7-4-12)10(13)11(16)14-5-2-9(15)8-14/h9-10,15H,2-8,13H2,1H3. The summed E-state index contributed by atoms with van der Waals surface area (Å²) in [4.78, 5) is 13.9. The van der Waals surface area contributed by atoms with E-state index in [9.17, 15) is 9.90 Å². The van der Waals surface area contributed by atoms with Gasteiger partial charge in [0, 0.05) is 26.3 Å². The molecule has 17 heavy (non-hydrogen) atoms. The number of hydrogen-bond acceptors (Lipinski definition) is 4. The normalized spacial score (nSPS) is 30.3. The van der Waals surface area contributed by atoms with Crippen LogP contribution in [0.3, 0.4) is 0 Å². The molecule has 98 valence electrons. The summed E-state index contributed by atoms with van der Waals surface area (Å²) in [6.07, 6.45) is 1.94. The van der Waals surface area contributed by atoms with E-state index < -0.39 is 6.04 Å². The zero-order valence-corrected chi connectivity index (χ0v) is 10.4. The molecule has 0 radical (unpaired) electrons. The van der Waals surface area contributed by atoms with Crippen LogP contribution in [0.2, 0.25) is 0 Å². The molecule has 0 aromatic heterocycles. The Bertz CT molecular complexity index is 289. The summed E-state index contributed by atoms with van der Waals surface area (Å²) in [6.45, 7) is 4.48. The molecule has 1 amide bonds. The van der Waals surface area contributed by atoms with Gasteiger partial charge in [0.05, 0.1) is 12.1 Å². The van der Waals surface area contributed by atoms with Crippen molar-refractivity contribution in [3.05, 3.63) is 0 Å². The Kier molecular flexibility index (Phi) is 3.70. The van der Waals surface area contributed by atoms with Gasteiger partial charge >= 0.3 is 0 Å². The highest BCUT2D eigenvalue weighted by Gasteiger charge is 2.40. The maximum atomic E-state index is 12.2. The minimum absolute atomic E-state index is 0.0223. The van der Waals surface area contributed by atoms with Crippen LogP contribution in [0, 0.1) is 5.41 Å². The van der Waals surface area contributed by atoms with Crippen molar-refractivity contribution in [2.24, 2.45) is 11.1 Å². The van der Waals surface area contributed by atoms with Crippen LogP contribution in [0.5, 0.6) is 0 Å². The van der Waals surface area contributed by atoms with E-state index in [1.54, 1.807) is 4.90 Å². The lowest BCUT2D eigenvalue weighted by atomic mass is 9.75. The number of carbonyl (C=O) groups excluding carboxylic acids is 1. The summed E-state index contributed by atoms with van der Waals surface area (Å²) in [5.41, 5.74) is 5.96. The van der Waals surface area contributed by atoms with Gasteiger partial charge in [-0.1, -0.05) is 6.92 Å². The first-order valence-corrected chi connectivity index (χ1v) is 6.33. The topological polar surface area (TPSA) is 75.8 Å². The minimum atomic E-state index is -0.475. The molecule has 2 fully saturated rings. The van der Waals surface area contributed by atoms with Crippen molar-refractivity contribution < 1.29 is 14.6 Å². The molecular weight excluding hydrogens is 220 g/mol. The van der Waals surface area contributed by atoms with Crippen molar-refractivity contribution in [3.8, 4) is 0 Å². The fraction of sp³-hybridized carbons (Fsp3) is 0.917. The summed E-state index contributed by atoms with van der Waals surface area (Å²) >= 11 is 0. The lowest BCUT2D eigenvalue weighted by Crippen LogP contribution is -2.53. The Labute approximate surface area is 102 Å². The van der Waals surface area contributed by atoms with Crippen LogP contribution < -0.4 is 5.73 Å². The van der Waals surface area contributed by atoms with Crippen LogP contribution in [0.4, 0.5) is 0 Å². The smallest absolute Gasteiger partial charge is 0.240 e. The second-order valence-corrected chi connectivity index (χ2v) is 5.47. The average Bonchev–Trinajstić information content (AvgIpc) is 2.75. The molecule has 2 atom stereocenters. The van der Waals surface area contributed by atoms with Crippen LogP contribution >= 0.6 is 0 Å². The molecule has 2 saturated heterocycles. The van der Waals surface area contributed by atoms with Crippen molar-refractivity contribution in [2.75, 3.05) is 26.3 Å². The molecule has 2 unspecified atom stereocenters. The minimum Gasteiger partial charge on any atom is -0.391 e. The molecule has 0 aromatic rings. The van der Waals surface area contributed by atoms with Gasteiger partial charge in [-0.3, -0.25) is 4.79 Å². The lowest BCUT2D eigenvalue weighted by molar-refractivity contribution is -0.136. The summed E-state index contributed by atoms with van der Waals surface area (Å²) in [6, 6.07) is -0.475. The number of likely N-dealkylation sites (tertiary alicyclic amines) is 1. The number of nitrogens with zero attached hydrogens (tertiary/aromatic N) is 1. The van der Waals surface area contributed by atoms with Gasteiger partial charge in [-0.25, -0.2) is 0 Å². The van der Waals surface area contributed by atoms with Gasteiger partial charge in [0.2, 0.25) is 5.91 Å². The molecule has 2 rings (SSSR count). The van der Waals surface area contributed by atoms with Crippen molar-refractivity contribution in [1.29, 1.82) is 0 Å². The molecule has 2 heterocycles. The first-order chi connectivity index (χ1) is 8.03. The maximum absolute atomic E-state index is 12.2. The first-order valence-electron chi connectivity index (χ1n) is 6.33. The summed E-state index contributed by atoms with van der Waals surface area (Å²) in [5, 5.41) is 9.45. The van der Waals surface area contributed by atoms with E-state index in [2.05, 4.69) is 6.92 Å². The summed E-state index contributed by atoms with van der Waals surface area (Å²) in [5.74, 6) is -0.0223. The average molecular weight is 242 g/mol.